The molecule has 6 aromatic rings. The summed E-state index contributed by atoms with van der Waals surface area (Å²) < 4.78 is 10.1. The molecule has 2 fully saturated rings. The smallest absolute Gasteiger partial charge is 0.461 e. The van der Waals surface area contributed by atoms with Crippen molar-refractivity contribution in [3.05, 3.63) is 136 Å². The van der Waals surface area contributed by atoms with Crippen molar-refractivity contribution in [1.29, 1.82) is 0 Å². The van der Waals surface area contributed by atoms with Crippen molar-refractivity contribution in [1.82, 2.24) is 39.7 Å². The maximum absolute atomic E-state index is 12.5. The standard InChI is InChI=1S/C26H24N4O4.C20H18ClN3O4.C6H8BNO2/c1-4-34-24(31)22-15-21(20-9-8-17(2)27-16-20)28-23(29-22)19-7-5-6-18(14-19)10-11-26(33)12-13-30(3)25(26)32;1-3-28-18(25)15-12-16(21)23-17(22-15)14-6-4-5-13(11-14)7-8-20(27)9-10-24(2)19(20)26;1-5-2-3-6(4-8-5)7(9)10/h5-9,14-16,33H,4,12-13H2,1-3H3;4-6,11-12,27H,3,9-10H2,1-2H3;2-4,9-10H,1H3/t26-;20-;/m00./s1. The summed E-state index contributed by atoms with van der Waals surface area (Å²) in [7, 11) is 1.85. The second-order valence-corrected chi connectivity index (χ2v) is 16.8. The van der Waals surface area contributed by atoms with Crippen LogP contribution in [0.15, 0.2) is 97.3 Å². The van der Waals surface area contributed by atoms with Crippen molar-refractivity contribution in [2.75, 3.05) is 40.4 Å². The Morgan fingerprint density at radius 1 is 0.667 bits per heavy atom. The number of likely N-dealkylation sites (tertiary alicyclic amines) is 2. The molecule has 0 aliphatic carbocycles. The zero-order valence-corrected chi connectivity index (χ0v) is 41.0. The highest BCUT2D eigenvalue weighted by Crippen LogP contribution is 2.26. The summed E-state index contributed by atoms with van der Waals surface area (Å²) >= 11 is 6.02. The maximum Gasteiger partial charge on any atom is 0.490 e. The van der Waals surface area contributed by atoms with Crippen molar-refractivity contribution in [2.45, 2.75) is 51.7 Å². The number of carbonyl (C=O) groups excluding carboxylic acids is 4. The Hall–Kier alpha value is -7.91. The summed E-state index contributed by atoms with van der Waals surface area (Å²) in [6, 6.07) is 24.0. The number of esters is 2. The van der Waals surface area contributed by atoms with E-state index in [4.69, 9.17) is 31.1 Å². The van der Waals surface area contributed by atoms with Gasteiger partial charge < -0.3 is 39.5 Å². The zero-order valence-electron chi connectivity index (χ0n) is 40.3. The Morgan fingerprint density at radius 3 is 1.58 bits per heavy atom. The minimum Gasteiger partial charge on any atom is -0.461 e. The highest BCUT2D eigenvalue weighted by atomic mass is 35.5. The number of amides is 2. The van der Waals surface area contributed by atoms with E-state index < -0.39 is 42.1 Å². The van der Waals surface area contributed by atoms with Crippen molar-refractivity contribution < 1.29 is 48.9 Å². The molecule has 20 heteroatoms. The van der Waals surface area contributed by atoms with E-state index in [1.54, 1.807) is 101 Å². The van der Waals surface area contributed by atoms with Gasteiger partial charge in [0.1, 0.15) is 5.15 Å². The minimum atomic E-state index is -1.68. The number of rotatable bonds is 8. The zero-order chi connectivity index (χ0) is 52.2. The summed E-state index contributed by atoms with van der Waals surface area (Å²) in [5, 5.41) is 38.3. The fraction of sp³-hybridized carbons (Fsp3) is 0.269. The lowest BCUT2D eigenvalue weighted by Crippen LogP contribution is -2.37. The summed E-state index contributed by atoms with van der Waals surface area (Å²) in [4.78, 5) is 77.1. The Bertz CT molecular complexity index is 3100. The molecule has 2 amide bonds. The normalized spacial score (nSPS) is 16.7. The van der Waals surface area contributed by atoms with Gasteiger partial charge in [-0.3, -0.25) is 19.6 Å². The van der Waals surface area contributed by atoms with Crippen LogP contribution in [0.5, 0.6) is 0 Å². The highest BCUT2D eigenvalue weighted by Gasteiger charge is 2.43. The first kappa shape index (κ1) is 53.4. The molecule has 2 saturated heterocycles. The van der Waals surface area contributed by atoms with Gasteiger partial charge >= 0.3 is 19.1 Å². The molecule has 2 aliphatic rings. The first-order valence-electron chi connectivity index (χ1n) is 22.5. The molecule has 2 aromatic carbocycles. The molecule has 6 heterocycles. The van der Waals surface area contributed by atoms with Crippen molar-refractivity contribution in [3.63, 3.8) is 0 Å². The van der Waals surface area contributed by atoms with E-state index in [9.17, 15) is 29.4 Å². The number of nitrogens with zero attached hydrogens (tertiary/aromatic N) is 8. The highest BCUT2D eigenvalue weighted by molar-refractivity contribution is 6.58. The van der Waals surface area contributed by atoms with Crippen LogP contribution < -0.4 is 5.46 Å². The lowest BCUT2D eigenvalue weighted by molar-refractivity contribution is -0.138. The number of halogens is 1. The molecule has 0 saturated carbocycles. The van der Waals surface area contributed by atoms with E-state index in [1.807, 2.05) is 26.0 Å². The van der Waals surface area contributed by atoms with Crippen LogP contribution in [-0.2, 0) is 19.1 Å². The Kier molecular flexibility index (Phi) is 17.7. The predicted octanol–water partition coefficient (Wildman–Crippen LogP) is 3.62. The SMILES string of the molecule is CCOC(=O)c1cc(-c2ccc(C)nc2)nc(-c2cccc(C#C[C@]3(O)CCN(C)C3=O)c2)n1.CCOC(=O)c1cc(Cl)nc(-c2cccc(C#C[C@]3(O)CCN(C)C3=O)c2)n1.Cc1ccc(B(O)O)cn1. The number of aromatic nitrogens is 6. The van der Waals surface area contributed by atoms with Crippen LogP contribution in [0.25, 0.3) is 34.0 Å². The number of ether oxygens (including phenoxy) is 2. The van der Waals surface area contributed by atoms with Crippen molar-refractivity contribution in [3.8, 4) is 57.7 Å². The van der Waals surface area contributed by atoms with E-state index >= 15 is 0 Å². The van der Waals surface area contributed by atoms with Crippen LogP contribution in [0, 0.1) is 37.5 Å². The largest absolute Gasteiger partial charge is 0.490 e. The number of hydrogen-bond acceptors (Lipinski definition) is 16. The molecular formula is C52H50BClN8O10. The number of carbonyl (C=O) groups is 4. The Balaban J connectivity index is 0.000000200. The second-order valence-electron chi connectivity index (χ2n) is 16.4. The summed E-state index contributed by atoms with van der Waals surface area (Å²) in [6.45, 7) is 8.51. The first-order chi connectivity index (χ1) is 34.3. The average Bonchev–Trinajstić information content (AvgIpc) is 3.79. The molecule has 18 nitrogen and oxygen atoms in total. The number of aryl methyl sites for hydroxylation is 2. The van der Waals surface area contributed by atoms with Gasteiger partial charge in [-0.1, -0.05) is 65.6 Å². The Labute approximate surface area is 421 Å². The molecular weight excluding hydrogens is 943 g/mol. The van der Waals surface area contributed by atoms with E-state index in [0.717, 1.165) is 17.0 Å². The van der Waals surface area contributed by atoms with Crippen molar-refractivity contribution >= 4 is 47.9 Å². The van der Waals surface area contributed by atoms with Gasteiger partial charge in [-0.2, -0.15) is 0 Å². The summed E-state index contributed by atoms with van der Waals surface area (Å²) in [5.74, 6) is 9.72. The summed E-state index contributed by atoms with van der Waals surface area (Å²) in [5.41, 5.74) is 2.61. The number of pyridine rings is 2. The van der Waals surface area contributed by atoms with E-state index in [0.29, 0.717) is 52.3 Å². The van der Waals surface area contributed by atoms with Gasteiger partial charge in [0.25, 0.3) is 11.8 Å². The van der Waals surface area contributed by atoms with Crippen LogP contribution in [0.2, 0.25) is 5.15 Å². The van der Waals surface area contributed by atoms with Crippen LogP contribution in [0.3, 0.4) is 0 Å². The van der Waals surface area contributed by atoms with E-state index in [-0.39, 0.29) is 48.4 Å². The van der Waals surface area contributed by atoms with Gasteiger partial charge in [0.05, 0.1) is 18.9 Å². The third-order valence-electron chi connectivity index (χ3n) is 10.9. The van der Waals surface area contributed by atoms with Crippen LogP contribution in [-0.4, -0.2) is 142 Å². The van der Waals surface area contributed by atoms with E-state index in [1.165, 1.54) is 22.1 Å². The number of aliphatic hydroxyl groups is 2. The second kappa shape index (κ2) is 23.8. The van der Waals surface area contributed by atoms with Gasteiger partial charge in [0.2, 0.25) is 11.2 Å². The topological polar surface area (TPSA) is 251 Å². The molecule has 2 aliphatic heterocycles. The molecule has 0 bridgehead atoms. The lowest BCUT2D eigenvalue weighted by Gasteiger charge is -2.13. The fourth-order valence-electron chi connectivity index (χ4n) is 6.90. The maximum atomic E-state index is 12.5. The molecule has 0 unspecified atom stereocenters. The molecule has 4 N–H and O–H groups in total. The predicted molar refractivity (Wildman–Crippen MR) is 267 cm³/mol. The number of benzene rings is 2. The minimum absolute atomic E-state index is 0.0576. The van der Waals surface area contributed by atoms with Gasteiger partial charge in [-0.15, -0.1) is 0 Å². The van der Waals surface area contributed by atoms with Gasteiger partial charge in [-0.25, -0.2) is 29.5 Å². The molecule has 4 aromatic heterocycles. The van der Waals surface area contributed by atoms with Gasteiger partial charge in [0.15, 0.2) is 23.0 Å². The molecule has 72 heavy (non-hydrogen) atoms. The van der Waals surface area contributed by atoms with Crippen LogP contribution in [0.4, 0.5) is 0 Å². The third kappa shape index (κ3) is 13.7. The van der Waals surface area contributed by atoms with Gasteiger partial charge in [0, 0.05) is 103 Å². The van der Waals surface area contributed by atoms with Crippen LogP contribution in [0.1, 0.15) is 70.2 Å². The first-order valence-corrected chi connectivity index (χ1v) is 22.9. The number of likely N-dealkylation sites (N-methyl/N-ethyl adjacent to an activating group) is 2. The molecule has 0 spiro atoms. The van der Waals surface area contributed by atoms with Crippen LogP contribution >= 0.6 is 11.6 Å². The molecule has 368 valence electrons. The monoisotopic (exact) mass is 992 g/mol. The quantitative estimate of drug-likeness (QED) is 0.0736. The Morgan fingerprint density at radius 2 is 1.15 bits per heavy atom. The number of hydrogen-bond donors (Lipinski definition) is 4. The third-order valence-corrected chi connectivity index (χ3v) is 11.1. The molecule has 8 rings (SSSR count). The lowest BCUT2D eigenvalue weighted by atomic mass is 9.82. The molecule has 0 radical (unpaired) electrons. The summed E-state index contributed by atoms with van der Waals surface area (Å²) in [6.07, 6.45) is 3.65. The fourth-order valence-corrected chi connectivity index (χ4v) is 7.09. The van der Waals surface area contributed by atoms with Crippen molar-refractivity contribution in [2.24, 2.45) is 0 Å². The average molecular weight is 993 g/mol. The molecule has 2 atom stereocenters. The van der Waals surface area contributed by atoms with Gasteiger partial charge in [-0.05, 0) is 76.2 Å². The van der Waals surface area contributed by atoms with E-state index in [2.05, 4.69) is 53.6 Å².